The summed E-state index contributed by atoms with van der Waals surface area (Å²) in [5, 5.41) is 13.2. The molecular formula is C25H35N3O4S. The van der Waals surface area contributed by atoms with Crippen molar-refractivity contribution in [3.05, 3.63) is 53.1 Å². The van der Waals surface area contributed by atoms with E-state index in [0.717, 1.165) is 36.9 Å². The predicted octanol–water partition coefficient (Wildman–Crippen LogP) is 4.63. The molecule has 0 saturated carbocycles. The van der Waals surface area contributed by atoms with Gasteiger partial charge in [-0.2, -0.15) is 0 Å². The topological polar surface area (TPSA) is 98.7 Å². The highest BCUT2D eigenvalue weighted by atomic mass is 32.2. The summed E-state index contributed by atoms with van der Waals surface area (Å²) < 4.78 is 29.4. The molecule has 1 atom stereocenters. The van der Waals surface area contributed by atoms with E-state index >= 15 is 0 Å². The number of nitrogens with one attached hydrogen (secondary N) is 2. The third-order valence-corrected chi connectivity index (χ3v) is 7.47. The van der Waals surface area contributed by atoms with Crippen LogP contribution in [0.15, 0.2) is 41.3 Å². The first-order valence-electron chi connectivity index (χ1n) is 11.3. The van der Waals surface area contributed by atoms with Crippen molar-refractivity contribution in [3.8, 4) is 0 Å². The van der Waals surface area contributed by atoms with E-state index < -0.39 is 16.0 Å². The van der Waals surface area contributed by atoms with Gasteiger partial charge in [0.15, 0.2) is 0 Å². The Labute approximate surface area is 197 Å². The first-order chi connectivity index (χ1) is 15.4. The van der Waals surface area contributed by atoms with Crippen molar-refractivity contribution in [2.45, 2.75) is 50.8 Å². The highest BCUT2D eigenvalue weighted by molar-refractivity contribution is 7.92. The first-order valence-corrected chi connectivity index (χ1v) is 12.8. The Bertz CT molecular complexity index is 1130. The van der Waals surface area contributed by atoms with Crippen LogP contribution in [0.1, 0.15) is 61.0 Å². The number of aromatic carboxylic acids is 1. The van der Waals surface area contributed by atoms with Crippen molar-refractivity contribution in [3.63, 3.8) is 0 Å². The number of para-hydroxylation sites is 1. The Kier molecular flexibility index (Phi) is 7.39. The second-order valence-electron chi connectivity index (χ2n) is 10.0. The number of sulfonamides is 1. The second kappa shape index (κ2) is 9.73. The zero-order chi connectivity index (χ0) is 24.4. The monoisotopic (exact) mass is 473 g/mol. The second-order valence-corrected chi connectivity index (χ2v) is 11.7. The summed E-state index contributed by atoms with van der Waals surface area (Å²) in [6, 6.07) is 10.1. The molecule has 0 fully saturated rings. The standard InChI is InChI=1S/C25H35N3O4S/c1-17-9-8-10-18-13-14-20(23(22(17)18)24(29)30)27-33(31,32)21-12-7-6-11-19(21)26-15-25(2,3)16-28(4)5/h6-7,11-14,17,26-27H,8-10,15-16H2,1-5H3,(H,29,30). The van der Waals surface area contributed by atoms with Crippen LogP contribution in [-0.2, 0) is 16.4 Å². The maximum atomic E-state index is 13.4. The fourth-order valence-electron chi connectivity index (χ4n) is 4.80. The third kappa shape index (κ3) is 5.86. The van der Waals surface area contributed by atoms with E-state index in [1.54, 1.807) is 24.3 Å². The maximum Gasteiger partial charge on any atom is 0.338 e. The lowest BCUT2D eigenvalue weighted by atomic mass is 9.80. The molecule has 1 aliphatic rings. The molecule has 0 amide bonds. The van der Waals surface area contributed by atoms with Crippen LogP contribution in [0.5, 0.6) is 0 Å². The smallest absolute Gasteiger partial charge is 0.338 e. The Balaban J connectivity index is 1.94. The van der Waals surface area contributed by atoms with Gasteiger partial charge in [0.1, 0.15) is 4.90 Å². The number of carboxylic acid groups (broad SMARTS) is 1. The van der Waals surface area contributed by atoms with Crippen molar-refractivity contribution < 1.29 is 18.3 Å². The van der Waals surface area contributed by atoms with Crippen molar-refractivity contribution >= 4 is 27.4 Å². The van der Waals surface area contributed by atoms with Gasteiger partial charge in [0.2, 0.25) is 0 Å². The number of hydrogen-bond donors (Lipinski definition) is 3. The van der Waals surface area contributed by atoms with Crippen LogP contribution < -0.4 is 10.0 Å². The fraction of sp³-hybridized carbons (Fsp3) is 0.480. The minimum absolute atomic E-state index is 0.0563. The Morgan fingerprint density at radius 1 is 1.15 bits per heavy atom. The minimum atomic E-state index is -4.02. The lowest BCUT2D eigenvalue weighted by Crippen LogP contribution is -2.34. The Hall–Kier alpha value is -2.58. The van der Waals surface area contributed by atoms with Gasteiger partial charge in [0.25, 0.3) is 10.0 Å². The van der Waals surface area contributed by atoms with Gasteiger partial charge in [-0.05, 0) is 74.0 Å². The van der Waals surface area contributed by atoms with Gasteiger partial charge in [0, 0.05) is 13.1 Å². The molecular weight excluding hydrogens is 438 g/mol. The fourth-order valence-corrected chi connectivity index (χ4v) is 6.05. The molecule has 2 aromatic rings. The van der Waals surface area contributed by atoms with Crippen molar-refractivity contribution in [2.75, 3.05) is 37.2 Å². The summed E-state index contributed by atoms with van der Waals surface area (Å²) in [5.74, 6) is -1.05. The highest BCUT2D eigenvalue weighted by Crippen LogP contribution is 2.38. The van der Waals surface area contributed by atoms with Gasteiger partial charge in [-0.1, -0.05) is 39.0 Å². The Morgan fingerprint density at radius 2 is 1.85 bits per heavy atom. The number of benzene rings is 2. The zero-order valence-corrected chi connectivity index (χ0v) is 20.9. The average molecular weight is 474 g/mol. The summed E-state index contributed by atoms with van der Waals surface area (Å²) in [7, 11) is -0.0140. The van der Waals surface area contributed by atoms with Gasteiger partial charge >= 0.3 is 5.97 Å². The molecule has 0 aliphatic heterocycles. The van der Waals surface area contributed by atoms with E-state index in [2.05, 4.69) is 28.8 Å². The lowest BCUT2D eigenvalue weighted by Gasteiger charge is -2.29. The molecule has 0 aromatic heterocycles. The van der Waals surface area contributed by atoms with Gasteiger partial charge in [-0.15, -0.1) is 0 Å². The molecule has 0 heterocycles. The van der Waals surface area contributed by atoms with Gasteiger partial charge in [-0.25, -0.2) is 13.2 Å². The molecule has 8 heteroatoms. The number of nitrogens with zero attached hydrogens (tertiary/aromatic N) is 1. The third-order valence-electron chi connectivity index (χ3n) is 6.05. The molecule has 3 rings (SSSR count). The van der Waals surface area contributed by atoms with Crippen molar-refractivity contribution in [1.29, 1.82) is 0 Å². The number of carbonyl (C=O) groups is 1. The van der Waals surface area contributed by atoms with Crippen molar-refractivity contribution in [2.24, 2.45) is 5.41 Å². The number of hydrogen-bond acceptors (Lipinski definition) is 5. The summed E-state index contributed by atoms with van der Waals surface area (Å²) in [6.07, 6.45) is 2.70. The highest BCUT2D eigenvalue weighted by Gasteiger charge is 2.29. The molecule has 1 aliphatic carbocycles. The van der Waals surface area contributed by atoms with E-state index in [0.29, 0.717) is 12.2 Å². The van der Waals surface area contributed by atoms with Gasteiger partial charge in [-0.3, -0.25) is 4.72 Å². The van der Waals surface area contributed by atoms with Crippen LogP contribution in [0.25, 0.3) is 0 Å². The van der Waals surface area contributed by atoms with Crippen molar-refractivity contribution in [1.82, 2.24) is 4.90 Å². The molecule has 7 nitrogen and oxygen atoms in total. The van der Waals surface area contributed by atoms with Crippen LogP contribution in [-0.4, -0.2) is 51.6 Å². The molecule has 0 spiro atoms. The van der Waals surface area contributed by atoms with E-state index in [1.807, 2.05) is 27.1 Å². The number of anilines is 2. The van der Waals surface area contributed by atoms with Crippen LogP contribution in [0.4, 0.5) is 11.4 Å². The summed E-state index contributed by atoms with van der Waals surface area (Å²) >= 11 is 0. The number of fused-ring (bicyclic) bond motifs is 1. The quantitative estimate of drug-likeness (QED) is 0.491. The van der Waals surface area contributed by atoms with Crippen LogP contribution >= 0.6 is 0 Å². The molecule has 2 aromatic carbocycles. The lowest BCUT2D eigenvalue weighted by molar-refractivity contribution is 0.0696. The Morgan fingerprint density at radius 3 is 2.52 bits per heavy atom. The largest absolute Gasteiger partial charge is 0.478 e. The number of aryl methyl sites for hydroxylation is 1. The summed E-state index contributed by atoms with van der Waals surface area (Å²) in [4.78, 5) is 14.4. The number of carboxylic acids is 1. The molecule has 180 valence electrons. The van der Waals surface area contributed by atoms with E-state index in [-0.39, 0.29) is 27.5 Å². The minimum Gasteiger partial charge on any atom is -0.478 e. The first kappa shape index (κ1) is 25.1. The SMILES string of the molecule is CC1CCCc2ccc(NS(=O)(=O)c3ccccc3NCC(C)(C)CN(C)C)c(C(=O)O)c21. The zero-order valence-electron chi connectivity index (χ0n) is 20.1. The molecule has 0 bridgehead atoms. The normalized spacial score (nSPS) is 16.4. The van der Waals surface area contributed by atoms with Gasteiger partial charge in [0.05, 0.1) is 16.9 Å². The van der Waals surface area contributed by atoms with Crippen LogP contribution in [0.2, 0.25) is 0 Å². The molecule has 3 N–H and O–H groups in total. The number of rotatable bonds is 9. The van der Waals surface area contributed by atoms with Crippen LogP contribution in [0.3, 0.4) is 0 Å². The molecule has 1 unspecified atom stereocenters. The summed E-state index contributed by atoms with van der Waals surface area (Å²) in [6.45, 7) is 7.64. The predicted molar refractivity (Wildman–Crippen MR) is 133 cm³/mol. The average Bonchev–Trinajstić information content (AvgIpc) is 2.71. The van der Waals surface area contributed by atoms with E-state index in [1.165, 1.54) is 6.07 Å². The van der Waals surface area contributed by atoms with E-state index in [4.69, 9.17) is 0 Å². The molecule has 33 heavy (non-hydrogen) atoms. The molecule has 0 radical (unpaired) electrons. The van der Waals surface area contributed by atoms with E-state index in [9.17, 15) is 18.3 Å². The maximum absolute atomic E-state index is 13.4. The van der Waals surface area contributed by atoms with Gasteiger partial charge < -0.3 is 15.3 Å². The summed E-state index contributed by atoms with van der Waals surface area (Å²) in [5.41, 5.74) is 2.29. The van der Waals surface area contributed by atoms with Crippen LogP contribution in [0, 0.1) is 5.41 Å². The molecule has 0 saturated heterocycles.